The van der Waals surface area contributed by atoms with E-state index in [0.717, 1.165) is 38.5 Å². The molecule has 0 N–H and O–H groups in total. The number of carbonyl (C=O) groups is 2. The quantitative estimate of drug-likeness (QED) is 0.645. The number of hydrogen-bond acceptors (Lipinski definition) is 3. The molecule has 0 heterocycles. The predicted molar refractivity (Wildman–Crippen MR) is 105 cm³/mol. The van der Waals surface area contributed by atoms with Crippen molar-refractivity contribution in [3.8, 4) is 0 Å². The van der Waals surface area contributed by atoms with Crippen LogP contribution in [-0.2, 0) is 14.0 Å². The summed E-state index contributed by atoms with van der Waals surface area (Å²) in [6.45, 7) is 11.4. The Balaban J connectivity index is 1.77. The standard InChI is InChI=1S/C22H34O3Si/c1-21-10-8-15(23)12-14(21)13-18(25-26(3,4)5)20-16-6-7-19(24)22(16,2)11-9-17(20)21/h12,16-18,20H,6-11,13H2,1-5H3/t16-,17-,18?,20-,21-,22-/m0/s1. The summed E-state index contributed by atoms with van der Waals surface area (Å²) in [5.41, 5.74) is 1.33. The van der Waals surface area contributed by atoms with Gasteiger partial charge >= 0.3 is 0 Å². The molecule has 4 aliphatic carbocycles. The SMILES string of the molecule is C[C@]12CCC(=O)C=C1CC(O[Si](C)(C)C)[C@@H]1[C@@H]2CC[C@]2(C)C(=O)CC[C@@H]12. The molecule has 3 nitrogen and oxygen atoms in total. The first kappa shape index (κ1) is 18.6. The zero-order valence-electron chi connectivity index (χ0n) is 17.1. The fraction of sp³-hybridized carbons (Fsp3) is 0.818. The lowest BCUT2D eigenvalue weighted by atomic mass is 9.47. The second-order valence-electron chi connectivity index (χ2n) is 10.7. The summed E-state index contributed by atoms with van der Waals surface area (Å²) < 4.78 is 6.74. The van der Waals surface area contributed by atoms with Crippen LogP contribution in [0, 0.1) is 28.6 Å². The topological polar surface area (TPSA) is 43.4 Å². The Morgan fingerprint density at radius 3 is 2.38 bits per heavy atom. The van der Waals surface area contributed by atoms with Gasteiger partial charge in [-0.2, -0.15) is 0 Å². The van der Waals surface area contributed by atoms with Crippen LogP contribution in [0.3, 0.4) is 0 Å². The van der Waals surface area contributed by atoms with Crippen molar-refractivity contribution in [3.05, 3.63) is 11.6 Å². The maximum absolute atomic E-state index is 12.7. The van der Waals surface area contributed by atoms with Gasteiger partial charge in [0, 0.05) is 18.3 Å². The molecular weight excluding hydrogens is 340 g/mol. The molecule has 6 atom stereocenters. The van der Waals surface area contributed by atoms with Gasteiger partial charge in [-0.1, -0.05) is 19.4 Å². The summed E-state index contributed by atoms with van der Waals surface area (Å²) >= 11 is 0. The minimum absolute atomic E-state index is 0.130. The summed E-state index contributed by atoms with van der Waals surface area (Å²) in [4.78, 5) is 24.8. The van der Waals surface area contributed by atoms with E-state index in [-0.39, 0.29) is 16.9 Å². The van der Waals surface area contributed by atoms with Gasteiger partial charge in [0.15, 0.2) is 14.1 Å². The smallest absolute Gasteiger partial charge is 0.184 e. The Hall–Kier alpha value is -0.743. The van der Waals surface area contributed by atoms with Crippen molar-refractivity contribution in [1.29, 1.82) is 0 Å². The van der Waals surface area contributed by atoms with Gasteiger partial charge in [-0.05, 0) is 81.0 Å². The summed E-state index contributed by atoms with van der Waals surface area (Å²) in [6.07, 6.45) is 8.62. The molecule has 0 aromatic rings. The maximum atomic E-state index is 12.7. The van der Waals surface area contributed by atoms with E-state index in [9.17, 15) is 9.59 Å². The molecule has 4 aliphatic rings. The highest BCUT2D eigenvalue weighted by molar-refractivity contribution is 6.69. The van der Waals surface area contributed by atoms with Gasteiger partial charge in [-0.3, -0.25) is 9.59 Å². The van der Waals surface area contributed by atoms with Crippen LogP contribution in [0.25, 0.3) is 0 Å². The summed E-state index contributed by atoms with van der Waals surface area (Å²) in [5, 5.41) is 0. The fourth-order valence-electron chi connectivity index (χ4n) is 6.85. The average Bonchev–Trinajstić information content (AvgIpc) is 2.83. The Morgan fingerprint density at radius 2 is 1.69 bits per heavy atom. The fourth-order valence-corrected chi connectivity index (χ4v) is 8.00. The van der Waals surface area contributed by atoms with Crippen LogP contribution in [0.1, 0.15) is 58.8 Å². The van der Waals surface area contributed by atoms with E-state index in [1.807, 2.05) is 6.08 Å². The van der Waals surface area contributed by atoms with Gasteiger partial charge in [0.1, 0.15) is 5.78 Å². The molecule has 26 heavy (non-hydrogen) atoms. The molecule has 0 spiro atoms. The van der Waals surface area contributed by atoms with E-state index < -0.39 is 8.32 Å². The second-order valence-corrected chi connectivity index (χ2v) is 15.2. The van der Waals surface area contributed by atoms with Crippen molar-refractivity contribution in [3.63, 3.8) is 0 Å². The molecular formula is C22H34O3Si. The maximum Gasteiger partial charge on any atom is 0.184 e. The molecule has 4 heteroatoms. The lowest BCUT2D eigenvalue weighted by Crippen LogP contribution is -2.57. The molecule has 0 radical (unpaired) electrons. The number of carbonyl (C=O) groups excluding carboxylic acids is 2. The summed E-state index contributed by atoms with van der Waals surface area (Å²) in [6, 6.07) is 0. The number of rotatable bonds is 2. The van der Waals surface area contributed by atoms with Crippen LogP contribution in [0.5, 0.6) is 0 Å². The van der Waals surface area contributed by atoms with Gasteiger partial charge in [-0.15, -0.1) is 0 Å². The van der Waals surface area contributed by atoms with Crippen LogP contribution in [0.15, 0.2) is 11.6 Å². The third-order valence-corrected chi connectivity index (χ3v) is 9.18. The molecule has 144 valence electrons. The molecule has 1 unspecified atom stereocenters. The molecule has 0 bridgehead atoms. The van der Waals surface area contributed by atoms with Gasteiger partial charge in [0.25, 0.3) is 0 Å². The minimum atomic E-state index is -1.70. The Bertz CT molecular complexity index is 675. The van der Waals surface area contributed by atoms with Gasteiger partial charge in [-0.25, -0.2) is 0 Å². The monoisotopic (exact) mass is 374 g/mol. The van der Waals surface area contributed by atoms with E-state index in [4.69, 9.17) is 4.43 Å². The first-order valence-corrected chi connectivity index (χ1v) is 13.9. The lowest BCUT2D eigenvalue weighted by molar-refractivity contribution is -0.138. The van der Waals surface area contributed by atoms with Gasteiger partial charge in [0.05, 0.1) is 6.10 Å². The largest absolute Gasteiger partial charge is 0.414 e. The number of fused-ring (bicyclic) bond motifs is 5. The summed E-state index contributed by atoms with van der Waals surface area (Å²) in [7, 11) is -1.70. The van der Waals surface area contributed by atoms with E-state index >= 15 is 0 Å². The van der Waals surface area contributed by atoms with Crippen molar-refractivity contribution in [2.24, 2.45) is 28.6 Å². The zero-order chi connectivity index (χ0) is 18.9. The van der Waals surface area contributed by atoms with Crippen LogP contribution >= 0.6 is 0 Å². The van der Waals surface area contributed by atoms with Crippen LogP contribution in [-0.4, -0.2) is 26.0 Å². The lowest BCUT2D eigenvalue weighted by Gasteiger charge is -2.59. The van der Waals surface area contributed by atoms with Crippen molar-refractivity contribution >= 4 is 19.9 Å². The second kappa shape index (κ2) is 5.87. The third kappa shape index (κ3) is 2.71. The van der Waals surface area contributed by atoms with E-state index in [0.29, 0.717) is 35.7 Å². The number of hydrogen-bond donors (Lipinski definition) is 0. The molecule has 4 rings (SSSR count). The van der Waals surface area contributed by atoms with Crippen molar-refractivity contribution in [1.82, 2.24) is 0 Å². The Morgan fingerprint density at radius 1 is 1.00 bits per heavy atom. The highest BCUT2D eigenvalue weighted by atomic mass is 28.4. The molecule has 0 aromatic carbocycles. The third-order valence-electron chi connectivity index (χ3n) is 8.17. The number of Topliss-reactive ketones (excluding diaryl/α,β-unsaturated/α-hetero) is 1. The number of ketones is 2. The van der Waals surface area contributed by atoms with Crippen LogP contribution in [0.2, 0.25) is 19.6 Å². The van der Waals surface area contributed by atoms with E-state index in [1.54, 1.807) is 0 Å². The highest BCUT2D eigenvalue weighted by Crippen LogP contribution is 2.65. The first-order chi connectivity index (χ1) is 12.0. The Labute approximate surface area is 159 Å². The normalized spacial score (nSPS) is 45.7. The van der Waals surface area contributed by atoms with Crippen molar-refractivity contribution < 1.29 is 14.0 Å². The highest BCUT2D eigenvalue weighted by Gasteiger charge is 2.61. The van der Waals surface area contributed by atoms with Gasteiger partial charge < -0.3 is 4.43 Å². The van der Waals surface area contributed by atoms with Crippen molar-refractivity contribution in [2.75, 3.05) is 0 Å². The Kier molecular flexibility index (Phi) is 4.21. The van der Waals surface area contributed by atoms with E-state index in [2.05, 4.69) is 33.5 Å². The molecule has 0 aromatic heterocycles. The summed E-state index contributed by atoms with van der Waals surface area (Å²) in [5.74, 6) is 2.27. The van der Waals surface area contributed by atoms with Crippen LogP contribution < -0.4 is 0 Å². The average molecular weight is 375 g/mol. The zero-order valence-corrected chi connectivity index (χ0v) is 18.1. The molecule has 0 aliphatic heterocycles. The van der Waals surface area contributed by atoms with Crippen LogP contribution in [0.4, 0.5) is 0 Å². The molecule has 0 saturated heterocycles. The van der Waals surface area contributed by atoms with Crippen molar-refractivity contribution in [2.45, 2.75) is 84.5 Å². The minimum Gasteiger partial charge on any atom is -0.414 e. The molecule has 3 saturated carbocycles. The predicted octanol–water partition coefficient (Wildman–Crippen LogP) is 4.92. The van der Waals surface area contributed by atoms with E-state index in [1.165, 1.54) is 5.57 Å². The molecule has 0 amide bonds. The van der Waals surface area contributed by atoms with Gasteiger partial charge in [0.2, 0.25) is 0 Å². The first-order valence-electron chi connectivity index (χ1n) is 10.5. The molecule has 3 fully saturated rings.